The lowest BCUT2D eigenvalue weighted by molar-refractivity contribution is 0.0852. The fraction of sp³-hybridized carbons (Fsp3) is 0.417. The number of Topliss-reactive ketones (excluding diaryl/α,β-unsaturated/α-hetero) is 2. The van der Waals surface area contributed by atoms with Crippen LogP contribution in [0.1, 0.15) is 62.3 Å². The van der Waals surface area contributed by atoms with Crippen LogP contribution < -0.4 is 4.48 Å². The Morgan fingerprint density at radius 3 is 1.07 bits per heavy atom. The van der Waals surface area contributed by atoms with Crippen molar-refractivity contribution >= 4 is 22.9 Å². The van der Waals surface area contributed by atoms with Crippen molar-refractivity contribution in [2.24, 2.45) is 10.8 Å². The molecule has 0 amide bonds. The number of benzene rings is 2. The van der Waals surface area contributed by atoms with E-state index in [0.717, 1.165) is 22.5 Å². The maximum absolute atomic E-state index is 12.4. The number of rotatable bonds is 4. The topological polar surface area (TPSA) is 34.1 Å². The second-order valence-corrected chi connectivity index (χ2v) is 9.71. The second kappa shape index (κ2) is 7.05. The number of ketones is 2. The molecule has 0 aliphatic carbocycles. The van der Waals surface area contributed by atoms with E-state index in [4.69, 9.17) is 0 Å². The average Bonchev–Trinajstić information content (AvgIpc) is 2.59. The first-order valence-corrected chi connectivity index (χ1v) is 9.39. The largest absolute Gasteiger partial charge is 0.294 e. The van der Waals surface area contributed by atoms with E-state index in [9.17, 15) is 9.59 Å². The van der Waals surface area contributed by atoms with Crippen LogP contribution in [0.4, 0.5) is 11.4 Å². The molecule has 0 aliphatic heterocycles. The summed E-state index contributed by atoms with van der Waals surface area (Å²) in [6.07, 6.45) is 0. The summed E-state index contributed by atoms with van der Waals surface area (Å²) in [7, 11) is 4.20. The smallest absolute Gasteiger partial charge is 0.168 e. The van der Waals surface area contributed by atoms with Gasteiger partial charge in [-0.25, -0.2) is 0 Å². The Labute approximate surface area is 163 Å². The van der Waals surface area contributed by atoms with Gasteiger partial charge in [0.2, 0.25) is 0 Å². The third-order valence-corrected chi connectivity index (χ3v) is 4.91. The minimum atomic E-state index is -0.388. The summed E-state index contributed by atoms with van der Waals surface area (Å²) in [5.41, 5.74) is 2.85. The molecule has 0 saturated carbocycles. The van der Waals surface area contributed by atoms with Crippen LogP contribution in [0.15, 0.2) is 48.5 Å². The van der Waals surface area contributed by atoms with Gasteiger partial charge in [0.05, 0.1) is 14.1 Å². The molecule has 2 rings (SSSR count). The van der Waals surface area contributed by atoms with Gasteiger partial charge < -0.3 is 0 Å². The molecule has 0 spiro atoms. The van der Waals surface area contributed by atoms with E-state index < -0.39 is 0 Å². The van der Waals surface area contributed by atoms with Crippen LogP contribution in [-0.4, -0.2) is 25.7 Å². The van der Waals surface area contributed by atoms with Crippen LogP contribution in [0.2, 0.25) is 0 Å². The molecule has 0 heterocycles. The highest BCUT2D eigenvalue weighted by atomic mass is 16.1. The van der Waals surface area contributed by atoms with Crippen molar-refractivity contribution in [3.63, 3.8) is 0 Å². The van der Waals surface area contributed by atoms with Gasteiger partial charge in [-0.3, -0.25) is 14.1 Å². The van der Waals surface area contributed by atoms with Crippen molar-refractivity contribution in [3.8, 4) is 0 Å². The fourth-order valence-corrected chi connectivity index (χ4v) is 2.99. The summed E-state index contributed by atoms with van der Waals surface area (Å²) >= 11 is 0. The third-order valence-electron chi connectivity index (χ3n) is 4.91. The monoisotopic (exact) mass is 366 g/mol. The standard InChI is InChI=1S/C24H32NO2/c1-23(2,3)21(26)17-9-13-19(14-10-17)25(7,8)20-15-11-18(12-16-20)22(27)24(4,5)6/h9-16H,1-8H3/q+1. The first-order valence-electron chi connectivity index (χ1n) is 9.39. The highest BCUT2D eigenvalue weighted by Crippen LogP contribution is 2.32. The molecule has 0 saturated heterocycles. The lowest BCUT2D eigenvalue weighted by Gasteiger charge is -2.29. The number of quaternary nitrogens is 1. The van der Waals surface area contributed by atoms with Gasteiger partial charge in [-0.05, 0) is 24.3 Å². The summed E-state index contributed by atoms with van der Waals surface area (Å²) in [5, 5.41) is 0. The minimum Gasteiger partial charge on any atom is -0.294 e. The summed E-state index contributed by atoms with van der Waals surface area (Å²) in [4.78, 5) is 24.9. The maximum atomic E-state index is 12.4. The van der Waals surface area contributed by atoms with Crippen LogP contribution in [0.5, 0.6) is 0 Å². The van der Waals surface area contributed by atoms with E-state index in [2.05, 4.69) is 14.1 Å². The predicted molar refractivity (Wildman–Crippen MR) is 114 cm³/mol. The zero-order chi connectivity index (χ0) is 20.6. The second-order valence-electron chi connectivity index (χ2n) is 9.71. The quantitative estimate of drug-likeness (QED) is 0.488. The first kappa shape index (κ1) is 21.0. The molecule has 0 unspecified atom stereocenters. The van der Waals surface area contributed by atoms with Crippen molar-refractivity contribution in [2.75, 3.05) is 14.1 Å². The lowest BCUT2D eigenvalue weighted by Crippen LogP contribution is -2.34. The molecule has 144 valence electrons. The van der Waals surface area contributed by atoms with Crippen molar-refractivity contribution in [3.05, 3.63) is 59.7 Å². The zero-order valence-corrected chi connectivity index (χ0v) is 17.9. The minimum absolute atomic E-state index is 0.143. The van der Waals surface area contributed by atoms with E-state index in [1.807, 2.05) is 90.1 Å². The fourth-order valence-electron chi connectivity index (χ4n) is 2.99. The van der Waals surface area contributed by atoms with Crippen LogP contribution in [0.3, 0.4) is 0 Å². The van der Waals surface area contributed by atoms with Crippen molar-refractivity contribution in [1.29, 1.82) is 0 Å². The SMILES string of the molecule is CC(C)(C)C(=O)c1ccc([N+](C)(C)c2ccc(C(=O)C(C)(C)C)cc2)cc1. The molecule has 0 atom stereocenters. The summed E-state index contributed by atoms with van der Waals surface area (Å²) in [5.74, 6) is 0.286. The van der Waals surface area contributed by atoms with E-state index in [1.54, 1.807) is 0 Å². The highest BCUT2D eigenvalue weighted by molar-refractivity contribution is 6.00. The Morgan fingerprint density at radius 1 is 0.593 bits per heavy atom. The van der Waals surface area contributed by atoms with E-state index in [-0.39, 0.29) is 22.4 Å². The molecule has 27 heavy (non-hydrogen) atoms. The molecule has 0 fully saturated rings. The van der Waals surface area contributed by atoms with Crippen LogP contribution in [0.25, 0.3) is 0 Å². The van der Waals surface area contributed by atoms with Gasteiger partial charge in [-0.15, -0.1) is 0 Å². The molecule has 0 aromatic heterocycles. The van der Waals surface area contributed by atoms with Crippen molar-refractivity contribution in [2.45, 2.75) is 41.5 Å². The normalized spacial score (nSPS) is 12.7. The zero-order valence-electron chi connectivity index (χ0n) is 17.9. The number of carbonyl (C=O) groups excluding carboxylic acids is 2. The van der Waals surface area contributed by atoms with Gasteiger partial charge in [-0.2, -0.15) is 0 Å². The molecule has 2 aromatic rings. The number of carbonyl (C=O) groups is 2. The highest BCUT2D eigenvalue weighted by Gasteiger charge is 2.27. The van der Waals surface area contributed by atoms with Gasteiger partial charge in [0, 0.05) is 46.2 Å². The Bertz CT molecular complexity index is 758. The molecule has 0 N–H and O–H groups in total. The molecule has 3 nitrogen and oxygen atoms in total. The Hall–Kier alpha value is -2.26. The van der Waals surface area contributed by atoms with Gasteiger partial charge >= 0.3 is 0 Å². The number of hydrogen-bond donors (Lipinski definition) is 0. The molecule has 2 aromatic carbocycles. The molecule has 0 aliphatic rings. The van der Waals surface area contributed by atoms with Crippen molar-refractivity contribution < 1.29 is 9.59 Å². The van der Waals surface area contributed by atoms with Gasteiger partial charge in [0.1, 0.15) is 11.4 Å². The Kier molecular flexibility index (Phi) is 5.49. The number of hydrogen-bond acceptors (Lipinski definition) is 2. The Balaban J connectivity index is 2.30. The van der Waals surface area contributed by atoms with Gasteiger partial charge in [0.15, 0.2) is 11.6 Å². The van der Waals surface area contributed by atoms with Crippen LogP contribution in [0, 0.1) is 10.8 Å². The van der Waals surface area contributed by atoms with E-state index in [1.165, 1.54) is 0 Å². The molecule has 0 radical (unpaired) electrons. The lowest BCUT2D eigenvalue weighted by atomic mass is 9.86. The predicted octanol–water partition coefficient (Wildman–Crippen LogP) is 6.04. The summed E-state index contributed by atoms with van der Waals surface area (Å²) < 4.78 is 0.536. The van der Waals surface area contributed by atoms with Crippen LogP contribution >= 0.6 is 0 Å². The van der Waals surface area contributed by atoms with Crippen molar-refractivity contribution in [1.82, 2.24) is 4.48 Å². The summed E-state index contributed by atoms with van der Waals surface area (Å²) in [6, 6.07) is 15.6. The summed E-state index contributed by atoms with van der Waals surface area (Å²) in [6.45, 7) is 11.6. The Morgan fingerprint density at radius 2 is 0.852 bits per heavy atom. The van der Waals surface area contributed by atoms with E-state index >= 15 is 0 Å². The first-order chi connectivity index (χ1) is 12.2. The molecular formula is C24H32NO2+. The number of nitrogens with zero attached hydrogens (tertiary/aromatic N) is 1. The molecular weight excluding hydrogens is 334 g/mol. The van der Waals surface area contributed by atoms with E-state index in [0.29, 0.717) is 4.48 Å². The third kappa shape index (κ3) is 4.54. The average molecular weight is 367 g/mol. The van der Waals surface area contributed by atoms with Gasteiger partial charge in [0.25, 0.3) is 0 Å². The molecule has 0 bridgehead atoms. The molecule has 3 heteroatoms. The van der Waals surface area contributed by atoms with Crippen LogP contribution in [-0.2, 0) is 0 Å². The maximum Gasteiger partial charge on any atom is 0.168 e. The van der Waals surface area contributed by atoms with Gasteiger partial charge in [-0.1, -0.05) is 41.5 Å².